The van der Waals surface area contributed by atoms with Crippen molar-refractivity contribution in [1.82, 2.24) is 5.32 Å². The van der Waals surface area contributed by atoms with Crippen LogP contribution in [0.3, 0.4) is 0 Å². The Morgan fingerprint density at radius 2 is 1.73 bits per heavy atom. The van der Waals surface area contributed by atoms with Gasteiger partial charge in [0.05, 0.1) is 0 Å². The number of nitrogens with one attached hydrogen (secondary N) is 1. The lowest BCUT2D eigenvalue weighted by Crippen LogP contribution is -2.37. The fourth-order valence-electron chi connectivity index (χ4n) is 3.27. The predicted octanol–water partition coefficient (Wildman–Crippen LogP) is 4.68. The lowest BCUT2D eigenvalue weighted by molar-refractivity contribution is 0.140. The van der Waals surface area contributed by atoms with Gasteiger partial charge in [-0.3, -0.25) is 0 Å². The molecule has 0 bridgehead atoms. The summed E-state index contributed by atoms with van der Waals surface area (Å²) in [6, 6.07) is 19.4. The van der Waals surface area contributed by atoms with Crippen molar-refractivity contribution in [3.05, 3.63) is 65.7 Å². The van der Waals surface area contributed by atoms with E-state index in [1.807, 2.05) is 30.3 Å². The normalized spacial score (nSPS) is 21.8. The molecule has 2 unspecified atom stereocenters. The van der Waals surface area contributed by atoms with E-state index in [0.29, 0.717) is 12.0 Å². The highest BCUT2D eigenvalue weighted by atomic mass is 16.5. The third-order valence-corrected chi connectivity index (χ3v) is 4.40. The van der Waals surface area contributed by atoms with Crippen LogP contribution >= 0.6 is 0 Å². The molecule has 0 aliphatic carbocycles. The molecule has 22 heavy (non-hydrogen) atoms. The zero-order valence-electron chi connectivity index (χ0n) is 13.5. The molecule has 2 nitrogen and oxygen atoms in total. The van der Waals surface area contributed by atoms with Gasteiger partial charge in [0, 0.05) is 12.5 Å². The first-order valence-corrected chi connectivity index (χ1v) is 8.28. The van der Waals surface area contributed by atoms with Gasteiger partial charge >= 0.3 is 0 Å². The Morgan fingerprint density at radius 3 is 2.50 bits per heavy atom. The van der Waals surface area contributed by atoms with Gasteiger partial charge in [0.2, 0.25) is 0 Å². The van der Waals surface area contributed by atoms with E-state index in [9.17, 15) is 0 Å². The summed E-state index contributed by atoms with van der Waals surface area (Å²) in [6.45, 7) is 5.54. The van der Waals surface area contributed by atoms with Gasteiger partial charge in [-0.05, 0) is 42.1 Å². The van der Waals surface area contributed by atoms with E-state index in [1.54, 1.807) is 0 Å². The van der Waals surface area contributed by atoms with Gasteiger partial charge < -0.3 is 10.1 Å². The third-order valence-electron chi connectivity index (χ3n) is 4.40. The fourth-order valence-corrected chi connectivity index (χ4v) is 3.27. The molecule has 1 fully saturated rings. The topological polar surface area (TPSA) is 21.3 Å². The van der Waals surface area contributed by atoms with Crippen LogP contribution in [0.15, 0.2) is 54.6 Å². The average Bonchev–Trinajstić information content (AvgIpc) is 2.56. The maximum Gasteiger partial charge on any atom is 0.119 e. The smallest absolute Gasteiger partial charge is 0.119 e. The Labute approximate surface area is 133 Å². The molecule has 2 aromatic rings. The van der Waals surface area contributed by atoms with E-state index >= 15 is 0 Å². The minimum atomic E-state index is 0.286. The number of hydrogen-bond acceptors (Lipinski definition) is 2. The minimum Gasteiger partial charge on any atom is -0.490 e. The van der Waals surface area contributed by atoms with Crippen LogP contribution in [0.1, 0.15) is 49.8 Å². The first kappa shape index (κ1) is 15.1. The summed E-state index contributed by atoms with van der Waals surface area (Å²) in [5, 5.41) is 3.67. The molecule has 2 atom stereocenters. The van der Waals surface area contributed by atoms with Crippen molar-refractivity contribution in [3.8, 4) is 5.75 Å². The van der Waals surface area contributed by atoms with E-state index in [1.165, 1.54) is 11.1 Å². The largest absolute Gasteiger partial charge is 0.490 e. The van der Waals surface area contributed by atoms with Crippen LogP contribution in [0, 0.1) is 0 Å². The van der Waals surface area contributed by atoms with Crippen LogP contribution < -0.4 is 10.1 Å². The molecule has 0 spiro atoms. The number of benzene rings is 2. The Kier molecular flexibility index (Phi) is 4.79. The monoisotopic (exact) mass is 295 g/mol. The van der Waals surface area contributed by atoms with E-state index in [-0.39, 0.29) is 6.10 Å². The van der Waals surface area contributed by atoms with Crippen molar-refractivity contribution < 1.29 is 4.74 Å². The van der Waals surface area contributed by atoms with Crippen molar-refractivity contribution in [3.63, 3.8) is 0 Å². The van der Waals surface area contributed by atoms with Gasteiger partial charge in [-0.2, -0.15) is 0 Å². The highest BCUT2D eigenvalue weighted by Gasteiger charge is 2.25. The second-order valence-electron chi connectivity index (χ2n) is 6.37. The van der Waals surface area contributed by atoms with Crippen molar-refractivity contribution in [2.24, 2.45) is 0 Å². The van der Waals surface area contributed by atoms with Crippen LogP contribution in [0.4, 0.5) is 0 Å². The van der Waals surface area contributed by atoms with Crippen molar-refractivity contribution in [2.45, 2.75) is 44.8 Å². The van der Waals surface area contributed by atoms with Gasteiger partial charge in [-0.25, -0.2) is 0 Å². The Hall–Kier alpha value is -1.80. The fraction of sp³-hybridized carbons (Fsp3) is 0.400. The number of rotatable bonds is 4. The quantitative estimate of drug-likeness (QED) is 0.884. The summed E-state index contributed by atoms with van der Waals surface area (Å²) < 4.78 is 6.17. The second-order valence-corrected chi connectivity index (χ2v) is 6.37. The number of para-hydroxylation sites is 1. The van der Waals surface area contributed by atoms with Crippen LogP contribution in [0.25, 0.3) is 0 Å². The van der Waals surface area contributed by atoms with Crippen LogP contribution in [0.5, 0.6) is 5.75 Å². The van der Waals surface area contributed by atoms with Gasteiger partial charge in [-0.15, -0.1) is 0 Å². The summed E-state index contributed by atoms with van der Waals surface area (Å²) in [4.78, 5) is 0. The number of ether oxygens (including phenoxy) is 1. The molecule has 116 valence electrons. The van der Waals surface area contributed by atoms with Gasteiger partial charge in [0.1, 0.15) is 11.9 Å². The Morgan fingerprint density at radius 1 is 1.00 bits per heavy atom. The summed E-state index contributed by atoms with van der Waals surface area (Å²) in [6.07, 6.45) is 2.38. The van der Waals surface area contributed by atoms with Gasteiger partial charge in [0.25, 0.3) is 0 Å². The zero-order chi connectivity index (χ0) is 15.4. The summed E-state index contributed by atoms with van der Waals surface area (Å²) in [5.74, 6) is 1.53. The summed E-state index contributed by atoms with van der Waals surface area (Å²) in [7, 11) is 0. The minimum absolute atomic E-state index is 0.286. The average molecular weight is 295 g/mol. The Balaban J connectivity index is 1.73. The molecular formula is C20H25NO. The molecule has 1 aliphatic heterocycles. The second kappa shape index (κ2) is 6.97. The highest BCUT2D eigenvalue weighted by Crippen LogP contribution is 2.31. The molecule has 0 radical (unpaired) electrons. The van der Waals surface area contributed by atoms with Crippen molar-refractivity contribution in [2.75, 3.05) is 6.54 Å². The van der Waals surface area contributed by atoms with E-state index in [4.69, 9.17) is 4.74 Å². The van der Waals surface area contributed by atoms with Gasteiger partial charge in [-0.1, -0.05) is 56.3 Å². The summed E-state index contributed by atoms with van der Waals surface area (Å²) in [5.41, 5.74) is 2.87. The molecule has 1 saturated heterocycles. The number of piperidine rings is 1. The van der Waals surface area contributed by atoms with Gasteiger partial charge in [0.15, 0.2) is 0 Å². The maximum absolute atomic E-state index is 6.17. The molecule has 2 heteroatoms. The Bertz CT molecular complexity index is 594. The zero-order valence-corrected chi connectivity index (χ0v) is 13.5. The predicted molar refractivity (Wildman–Crippen MR) is 91.4 cm³/mol. The first-order chi connectivity index (χ1) is 10.7. The molecule has 1 heterocycles. The molecule has 2 aromatic carbocycles. The van der Waals surface area contributed by atoms with Crippen molar-refractivity contribution >= 4 is 0 Å². The molecule has 1 N–H and O–H groups in total. The molecule has 0 saturated carbocycles. The molecule has 1 aliphatic rings. The lowest BCUT2D eigenvalue weighted by atomic mass is 9.88. The number of hydrogen-bond donors (Lipinski definition) is 1. The maximum atomic E-state index is 6.17. The molecule has 0 aromatic heterocycles. The van der Waals surface area contributed by atoms with E-state index < -0.39 is 0 Å². The van der Waals surface area contributed by atoms with E-state index in [2.05, 4.69) is 43.4 Å². The molecular weight excluding hydrogens is 270 g/mol. The van der Waals surface area contributed by atoms with Crippen molar-refractivity contribution in [1.29, 1.82) is 0 Å². The van der Waals surface area contributed by atoms with Crippen LogP contribution in [0.2, 0.25) is 0 Å². The first-order valence-electron chi connectivity index (χ1n) is 8.28. The van der Waals surface area contributed by atoms with Crippen LogP contribution in [-0.4, -0.2) is 12.6 Å². The highest BCUT2D eigenvalue weighted by molar-refractivity contribution is 5.33. The SMILES string of the molecule is CC(C)c1ccccc1C1CC(Oc2ccccc2)CCN1. The lowest BCUT2D eigenvalue weighted by Gasteiger charge is -2.32. The standard InChI is InChI=1S/C20H25NO/c1-15(2)18-10-6-7-11-19(18)20-14-17(12-13-21-20)22-16-8-4-3-5-9-16/h3-11,15,17,20-21H,12-14H2,1-2H3. The van der Waals surface area contributed by atoms with E-state index in [0.717, 1.165) is 25.1 Å². The summed E-state index contributed by atoms with van der Waals surface area (Å²) >= 11 is 0. The van der Waals surface area contributed by atoms with Crippen LogP contribution in [-0.2, 0) is 0 Å². The third kappa shape index (κ3) is 3.50. The molecule has 0 amide bonds. The molecule has 3 rings (SSSR count).